The average Bonchev–Trinajstić information content (AvgIpc) is 3.26. The number of nitrogens with one attached hydrogen (secondary N) is 1. The standard InChI is InChI=1S/C24H33N3O4S2/c1-18(2)11-13-25-23(29)24(4)17-26(33(30,31)21-9-7-19(3)8-10-21)16-22(28)27(24)14-12-20-6-5-15-32-20/h5-10,15,18H,11-14,16-17H2,1-4H3,(H,25,29)/t24-/m0/s1. The van der Waals surface area contributed by atoms with Crippen LogP contribution >= 0.6 is 11.3 Å². The van der Waals surface area contributed by atoms with Crippen LogP contribution in [-0.4, -0.2) is 61.2 Å². The minimum absolute atomic E-state index is 0.0904. The lowest BCUT2D eigenvalue weighted by Gasteiger charge is -2.46. The first-order valence-corrected chi connectivity index (χ1v) is 13.5. The van der Waals surface area contributed by atoms with Crippen LogP contribution in [0.15, 0.2) is 46.7 Å². The molecule has 1 N–H and O–H groups in total. The van der Waals surface area contributed by atoms with E-state index in [1.807, 2.05) is 24.4 Å². The molecular formula is C24H33N3O4S2. The number of rotatable bonds is 9. The smallest absolute Gasteiger partial charge is 0.247 e. The van der Waals surface area contributed by atoms with Gasteiger partial charge in [0.1, 0.15) is 5.54 Å². The maximum Gasteiger partial charge on any atom is 0.247 e. The topological polar surface area (TPSA) is 86.8 Å². The normalized spacial score (nSPS) is 19.8. The number of hydrogen-bond acceptors (Lipinski definition) is 5. The second-order valence-electron chi connectivity index (χ2n) is 9.17. The summed E-state index contributed by atoms with van der Waals surface area (Å²) in [4.78, 5) is 29.4. The van der Waals surface area contributed by atoms with E-state index in [4.69, 9.17) is 0 Å². The predicted molar refractivity (Wildman–Crippen MR) is 131 cm³/mol. The molecule has 0 unspecified atom stereocenters. The second kappa shape index (κ2) is 10.4. The van der Waals surface area contributed by atoms with E-state index in [-0.39, 0.29) is 29.8 Å². The first-order chi connectivity index (χ1) is 15.5. The highest BCUT2D eigenvalue weighted by Gasteiger charge is 2.50. The van der Waals surface area contributed by atoms with Gasteiger partial charge < -0.3 is 10.2 Å². The number of hydrogen-bond donors (Lipinski definition) is 1. The summed E-state index contributed by atoms with van der Waals surface area (Å²) in [5.74, 6) is -0.277. The Kier molecular flexibility index (Phi) is 7.97. The Balaban J connectivity index is 1.88. The van der Waals surface area contributed by atoms with E-state index in [0.717, 1.165) is 21.2 Å². The number of carbonyl (C=O) groups is 2. The molecule has 180 valence electrons. The summed E-state index contributed by atoms with van der Waals surface area (Å²) in [6.45, 7) is 8.15. The molecular weight excluding hydrogens is 458 g/mol. The summed E-state index contributed by atoms with van der Waals surface area (Å²) in [5, 5.41) is 4.91. The molecule has 2 amide bonds. The summed E-state index contributed by atoms with van der Waals surface area (Å²) in [6.07, 6.45) is 1.42. The average molecular weight is 492 g/mol. The van der Waals surface area contributed by atoms with Crippen molar-refractivity contribution in [3.8, 4) is 0 Å². The van der Waals surface area contributed by atoms with Gasteiger partial charge in [-0.1, -0.05) is 37.6 Å². The Morgan fingerprint density at radius 3 is 2.52 bits per heavy atom. The molecule has 1 aliphatic rings. The largest absolute Gasteiger partial charge is 0.354 e. The third-order valence-electron chi connectivity index (χ3n) is 6.01. The van der Waals surface area contributed by atoms with E-state index < -0.39 is 15.6 Å². The van der Waals surface area contributed by atoms with Crippen LogP contribution in [0.25, 0.3) is 0 Å². The fourth-order valence-electron chi connectivity index (χ4n) is 3.93. The Morgan fingerprint density at radius 1 is 1.21 bits per heavy atom. The zero-order valence-corrected chi connectivity index (χ0v) is 21.3. The van der Waals surface area contributed by atoms with Gasteiger partial charge in [0.05, 0.1) is 11.4 Å². The monoisotopic (exact) mass is 491 g/mol. The number of carbonyl (C=O) groups excluding carboxylic acids is 2. The highest BCUT2D eigenvalue weighted by atomic mass is 32.2. The quantitative estimate of drug-likeness (QED) is 0.584. The van der Waals surface area contributed by atoms with Gasteiger partial charge in [0, 0.05) is 24.5 Å². The van der Waals surface area contributed by atoms with Crippen molar-refractivity contribution < 1.29 is 18.0 Å². The lowest BCUT2D eigenvalue weighted by atomic mass is 9.95. The molecule has 33 heavy (non-hydrogen) atoms. The maximum absolute atomic E-state index is 13.3. The number of sulfonamides is 1. The number of amides is 2. The first-order valence-electron chi connectivity index (χ1n) is 11.2. The van der Waals surface area contributed by atoms with Gasteiger partial charge in [-0.25, -0.2) is 8.42 Å². The molecule has 0 aliphatic carbocycles. The van der Waals surface area contributed by atoms with Crippen LogP contribution in [0.2, 0.25) is 0 Å². The Morgan fingerprint density at radius 2 is 1.91 bits per heavy atom. The van der Waals surface area contributed by atoms with E-state index >= 15 is 0 Å². The van der Waals surface area contributed by atoms with E-state index in [1.165, 1.54) is 0 Å². The van der Waals surface area contributed by atoms with Crippen molar-refractivity contribution in [2.24, 2.45) is 5.92 Å². The van der Waals surface area contributed by atoms with Crippen LogP contribution in [0.5, 0.6) is 0 Å². The fourth-order valence-corrected chi connectivity index (χ4v) is 6.11. The van der Waals surface area contributed by atoms with Gasteiger partial charge in [0.25, 0.3) is 0 Å². The molecule has 7 nitrogen and oxygen atoms in total. The summed E-state index contributed by atoms with van der Waals surface area (Å²) < 4.78 is 27.8. The van der Waals surface area contributed by atoms with Crippen molar-refractivity contribution in [1.82, 2.24) is 14.5 Å². The maximum atomic E-state index is 13.3. The summed E-state index contributed by atoms with van der Waals surface area (Å²) in [5.41, 5.74) is -0.362. The molecule has 1 aliphatic heterocycles. The number of benzene rings is 1. The molecule has 2 heterocycles. The predicted octanol–water partition coefficient (Wildman–Crippen LogP) is 3.05. The molecule has 1 saturated heterocycles. The molecule has 1 fully saturated rings. The highest BCUT2D eigenvalue weighted by molar-refractivity contribution is 7.89. The van der Waals surface area contributed by atoms with Crippen LogP contribution in [0.4, 0.5) is 0 Å². The van der Waals surface area contributed by atoms with Gasteiger partial charge >= 0.3 is 0 Å². The van der Waals surface area contributed by atoms with E-state index in [1.54, 1.807) is 47.4 Å². The number of piperazine rings is 1. The van der Waals surface area contributed by atoms with Gasteiger partial charge in [-0.15, -0.1) is 11.3 Å². The molecule has 2 aromatic rings. The molecule has 1 aromatic carbocycles. The lowest BCUT2D eigenvalue weighted by Crippen LogP contribution is -2.70. The van der Waals surface area contributed by atoms with E-state index in [2.05, 4.69) is 19.2 Å². The molecule has 9 heteroatoms. The van der Waals surface area contributed by atoms with Gasteiger partial charge in [-0.05, 0) is 56.2 Å². The summed E-state index contributed by atoms with van der Waals surface area (Å²) in [7, 11) is -3.92. The third-order valence-corrected chi connectivity index (χ3v) is 8.75. The Labute approximate surface area is 200 Å². The molecule has 0 spiro atoms. The van der Waals surface area contributed by atoms with Crippen molar-refractivity contribution in [3.63, 3.8) is 0 Å². The van der Waals surface area contributed by atoms with Crippen LogP contribution in [0.3, 0.4) is 0 Å². The summed E-state index contributed by atoms with van der Waals surface area (Å²) >= 11 is 1.60. The molecule has 0 radical (unpaired) electrons. The number of nitrogens with zero attached hydrogens (tertiary/aromatic N) is 2. The van der Waals surface area contributed by atoms with Crippen LogP contribution in [0, 0.1) is 12.8 Å². The minimum Gasteiger partial charge on any atom is -0.354 e. The van der Waals surface area contributed by atoms with E-state index in [9.17, 15) is 18.0 Å². The zero-order valence-electron chi connectivity index (χ0n) is 19.7. The van der Waals surface area contributed by atoms with Crippen molar-refractivity contribution in [3.05, 3.63) is 52.2 Å². The molecule has 1 atom stereocenters. The molecule has 0 saturated carbocycles. The van der Waals surface area contributed by atoms with Crippen molar-refractivity contribution in [2.75, 3.05) is 26.2 Å². The second-order valence-corrected chi connectivity index (χ2v) is 12.1. The van der Waals surface area contributed by atoms with Crippen LogP contribution < -0.4 is 5.32 Å². The van der Waals surface area contributed by atoms with Crippen molar-refractivity contribution in [1.29, 1.82) is 0 Å². The van der Waals surface area contributed by atoms with Gasteiger partial charge in [-0.3, -0.25) is 9.59 Å². The lowest BCUT2D eigenvalue weighted by molar-refractivity contribution is -0.152. The third kappa shape index (κ3) is 5.83. The van der Waals surface area contributed by atoms with Crippen molar-refractivity contribution >= 4 is 33.2 Å². The first kappa shape index (κ1) is 25.4. The molecule has 0 bridgehead atoms. The van der Waals surface area contributed by atoms with Gasteiger partial charge in [0.15, 0.2) is 0 Å². The minimum atomic E-state index is -3.92. The van der Waals surface area contributed by atoms with Crippen LogP contribution in [0.1, 0.15) is 37.6 Å². The Hall–Kier alpha value is -2.23. The van der Waals surface area contributed by atoms with Crippen LogP contribution in [-0.2, 0) is 26.0 Å². The highest BCUT2D eigenvalue weighted by Crippen LogP contribution is 2.28. The molecule has 1 aromatic heterocycles. The fraction of sp³-hybridized carbons (Fsp3) is 0.500. The van der Waals surface area contributed by atoms with Gasteiger partial charge in [-0.2, -0.15) is 4.31 Å². The van der Waals surface area contributed by atoms with Crippen molar-refractivity contribution in [2.45, 2.75) is 51.0 Å². The zero-order chi connectivity index (χ0) is 24.2. The number of thiophene rings is 1. The van der Waals surface area contributed by atoms with Gasteiger partial charge in [0.2, 0.25) is 21.8 Å². The van der Waals surface area contributed by atoms with E-state index in [0.29, 0.717) is 25.4 Å². The summed E-state index contributed by atoms with van der Waals surface area (Å²) in [6, 6.07) is 10.5. The SMILES string of the molecule is Cc1ccc(S(=O)(=O)N2CC(=O)N(CCc3cccs3)[C@](C)(C(=O)NCCC(C)C)C2)cc1. The number of aryl methyl sites for hydroxylation is 1. The Bertz CT molecular complexity index is 1070. The molecule has 3 rings (SSSR count).